The van der Waals surface area contributed by atoms with E-state index in [0.717, 1.165) is 11.1 Å². The van der Waals surface area contributed by atoms with Gasteiger partial charge in [-0.2, -0.15) is 0 Å². The number of aliphatic hydroxyl groups excluding tert-OH is 2. The van der Waals surface area contributed by atoms with Crippen molar-refractivity contribution in [1.29, 1.82) is 0 Å². The molecule has 1 unspecified atom stereocenters. The molecule has 10 heteroatoms. The smallest absolute Gasteiger partial charge is 0.252 e. The third kappa shape index (κ3) is 8.02. The molecule has 0 aromatic heterocycles. The fraction of sp³-hybridized carbons (Fsp3) is 0.304. The number of rotatable bonds is 12. The van der Waals surface area contributed by atoms with Crippen LogP contribution in [0.25, 0.3) is 11.1 Å². The lowest BCUT2D eigenvalue weighted by Gasteiger charge is -2.17. The fourth-order valence-electron chi connectivity index (χ4n) is 2.85. The van der Waals surface area contributed by atoms with Gasteiger partial charge >= 0.3 is 0 Å². The number of carbonyl (C=O) groups excluding carboxylic acids is 4. The van der Waals surface area contributed by atoms with Gasteiger partial charge in [0.1, 0.15) is 19.0 Å². The normalized spacial score (nSPS) is 11.2. The highest BCUT2D eigenvalue weighted by Crippen LogP contribution is 2.23. The Bertz CT molecular complexity index is 959. The number of ketones is 1. The summed E-state index contributed by atoms with van der Waals surface area (Å²) in [5.74, 6) is -1.94. The molecule has 176 valence electrons. The molecule has 0 fully saturated rings. The molecule has 3 amide bonds. The maximum absolute atomic E-state index is 12.6. The van der Waals surface area contributed by atoms with Crippen LogP contribution in [0.15, 0.2) is 48.5 Å². The highest BCUT2D eigenvalue weighted by atomic mass is 16.5. The van der Waals surface area contributed by atoms with Crippen molar-refractivity contribution in [2.45, 2.75) is 13.0 Å². The van der Waals surface area contributed by atoms with Gasteiger partial charge in [-0.3, -0.25) is 19.2 Å². The van der Waals surface area contributed by atoms with Crippen LogP contribution in [0.2, 0.25) is 0 Å². The first-order valence-electron chi connectivity index (χ1n) is 10.3. The maximum Gasteiger partial charge on any atom is 0.252 e. The van der Waals surface area contributed by atoms with Gasteiger partial charge in [-0.05, 0) is 35.4 Å². The molecular formula is C23H27N3O7. The fourth-order valence-corrected chi connectivity index (χ4v) is 2.85. The van der Waals surface area contributed by atoms with Crippen LogP contribution in [0, 0.1) is 0 Å². The van der Waals surface area contributed by atoms with E-state index in [1.54, 1.807) is 36.4 Å². The summed E-state index contributed by atoms with van der Waals surface area (Å²) in [7, 11) is 0. The average molecular weight is 457 g/mol. The molecule has 0 aliphatic rings. The summed E-state index contributed by atoms with van der Waals surface area (Å²) in [5.41, 5.74) is 1.94. The third-order valence-corrected chi connectivity index (χ3v) is 4.51. The molecule has 0 radical (unpaired) electrons. The summed E-state index contributed by atoms with van der Waals surface area (Å²) in [6.45, 7) is 0.757. The van der Waals surface area contributed by atoms with E-state index in [4.69, 9.17) is 14.9 Å². The molecule has 2 rings (SSSR count). The monoisotopic (exact) mass is 457 g/mol. The van der Waals surface area contributed by atoms with Gasteiger partial charge in [0, 0.05) is 25.6 Å². The van der Waals surface area contributed by atoms with Crippen molar-refractivity contribution in [1.82, 2.24) is 16.0 Å². The molecule has 0 aliphatic carbocycles. The topological polar surface area (TPSA) is 154 Å². The average Bonchev–Trinajstić information content (AvgIpc) is 2.83. The van der Waals surface area contributed by atoms with Gasteiger partial charge in [0.25, 0.3) is 11.8 Å². The van der Waals surface area contributed by atoms with E-state index in [9.17, 15) is 19.2 Å². The standard InChI is InChI=1S/C23H27N3O7/c1-15(29)24-10-11-25-23(32)21(20(30)14-28)26-22(31)18-4-2-16(3-5-18)17-6-8-19(9-7-17)33-13-12-27/h2-9,21,27-28H,10-14H2,1H3,(H,24,29)(H,25,32)(H,26,31). The molecule has 0 aliphatic heterocycles. The van der Waals surface area contributed by atoms with Crippen molar-refractivity contribution in [3.63, 3.8) is 0 Å². The van der Waals surface area contributed by atoms with Gasteiger partial charge in [0.15, 0.2) is 11.8 Å². The Kier molecular flexibility index (Phi) is 10.00. The van der Waals surface area contributed by atoms with Gasteiger partial charge in [-0.1, -0.05) is 24.3 Å². The van der Waals surface area contributed by atoms with Crippen molar-refractivity contribution in [3.05, 3.63) is 54.1 Å². The van der Waals surface area contributed by atoms with Crippen molar-refractivity contribution < 1.29 is 34.1 Å². The number of carbonyl (C=O) groups is 4. The number of ether oxygens (including phenoxy) is 1. The lowest BCUT2D eigenvalue weighted by molar-refractivity contribution is -0.132. The quantitative estimate of drug-likeness (QED) is 0.215. The number of nitrogens with one attached hydrogen (secondary N) is 3. The van der Waals surface area contributed by atoms with Crippen LogP contribution in [0.1, 0.15) is 17.3 Å². The number of amides is 3. The first kappa shape index (κ1) is 25.5. The number of hydrogen-bond acceptors (Lipinski definition) is 7. The van der Waals surface area contributed by atoms with Gasteiger partial charge in [0.05, 0.1) is 6.61 Å². The minimum absolute atomic E-state index is 0.0576. The molecule has 0 bridgehead atoms. The Morgan fingerprint density at radius 3 is 2.00 bits per heavy atom. The van der Waals surface area contributed by atoms with Crippen molar-refractivity contribution in [2.24, 2.45) is 0 Å². The van der Waals surface area contributed by atoms with Crippen LogP contribution >= 0.6 is 0 Å². The second kappa shape index (κ2) is 12.9. The molecule has 5 N–H and O–H groups in total. The van der Waals surface area contributed by atoms with Crippen molar-refractivity contribution in [2.75, 3.05) is 32.9 Å². The number of aliphatic hydroxyl groups is 2. The highest BCUT2D eigenvalue weighted by molar-refractivity contribution is 6.10. The first-order chi connectivity index (χ1) is 15.8. The molecule has 0 saturated carbocycles. The number of benzene rings is 2. The molecule has 2 aromatic rings. The third-order valence-electron chi connectivity index (χ3n) is 4.51. The van der Waals surface area contributed by atoms with E-state index >= 15 is 0 Å². The molecular weight excluding hydrogens is 430 g/mol. The lowest BCUT2D eigenvalue weighted by atomic mass is 10.0. The first-order valence-corrected chi connectivity index (χ1v) is 10.3. The van der Waals surface area contributed by atoms with Crippen molar-refractivity contribution >= 4 is 23.5 Å². The van der Waals surface area contributed by atoms with E-state index in [1.165, 1.54) is 6.92 Å². The van der Waals surface area contributed by atoms with Gasteiger partial charge in [-0.15, -0.1) is 0 Å². The zero-order valence-electron chi connectivity index (χ0n) is 18.2. The van der Waals surface area contributed by atoms with Gasteiger partial charge in [-0.25, -0.2) is 0 Å². The van der Waals surface area contributed by atoms with E-state index in [-0.39, 0.29) is 37.8 Å². The Morgan fingerprint density at radius 1 is 0.879 bits per heavy atom. The van der Waals surface area contributed by atoms with Gasteiger partial charge < -0.3 is 30.9 Å². The molecule has 33 heavy (non-hydrogen) atoms. The maximum atomic E-state index is 12.6. The Hall–Kier alpha value is -3.76. The Balaban J connectivity index is 2.02. The second-order valence-corrected chi connectivity index (χ2v) is 6.98. The molecule has 0 heterocycles. The molecule has 0 saturated heterocycles. The SMILES string of the molecule is CC(=O)NCCNC(=O)C(NC(=O)c1ccc(-c2ccc(OCCO)cc2)cc1)C(=O)CO. The minimum Gasteiger partial charge on any atom is -0.491 e. The predicted molar refractivity (Wildman–Crippen MR) is 119 cm³/mol. The van der Waals surface area contributed by atoms with E-state index in [2.05, 4.69) is 16.0 Å². The van der Waals surface area contributed by atoms with Crippen molar-refractivity contribution in [3.8, 4) is 16.9 Å². The van der Waals surface area contributed by atoms with Gasteiger partial charge in [0.2, 0.25) is 5.91 Å². The Morgan fingerprint density at radius 2 is 1.45 bits per heavy atom. The highest BCUT2D eigenvalue weighted by Gasteiger charge is 2.27. The summed E-state index contributed by atoms with van der Waals surface area (Å²) < 4.78 is 5.32. The molecule has 2 aromatic carbocycles. The predicted octanol–water partition coefficient (Wildman–Crippen LogP) is -0.363. The zero-order chi connectivity index (χ0) is 24.2. The lowest BCUT2D eigenvalue weighted by Crippen LogP contribution is -2.53. The minimum atomic E-state index is -1.56. The summed E-state index contributed by atoms with van der Waals surface area (Å²) in [6.07, 6.45) is 0. The van der Waals surface area contributed by atoms with E-state index < -0.39 is 30.2 Å². The van der Waals surface area contributed by atoms with E-state index in [0.29, 0.717) is 5.75 Å². The van der Waals surface area contributed by atoms with Crippen LogP contribution in [-0.2, 0) is 14.4 Å². The largest absolute Gasteiger partial charge is 0.491 e. The zero-order valence-corrected chi connectivity index (χ0v) is 18.2. The van der Waals surface area contributed by atoms with E-state index in [1.807, 2.05) is 12.1 Å². The van der Waals surface area contributed by atoms with Crippen LogP contribution in [-0.4, -0.2) is 72.7 Å². The Labute approximate surface area is 191 Å². The summed E-state index contributed by atoms with van der Waals surface area (Å²) in [6, 6.07) is 12.2. The molecule has 10 nitrogen and oxygen atoms in total. The van der Waals surface area contributed by atoms with Crippen LogP contribution in [0.5, 0.6) is 5.75 Å². The summed E-state index contributed by atoms with van der Waals surface area (Å²) >= 11 is 0. The summed E-state index contributed by atoms with van der Waals surface area (Å²) in [4.78, 5) is 47.7. The van der Waals surface area contributed by atoms with Crippen LogP contribution in [0.3, 0.4) is 0 Å². The van der Waals surface area contributed by atoms with Crippen LogP contribution < -0.4 is 20.7 Å². The number of Topliss-reactive ketones (excluding diaryl/α,β-unsaturated/α-hetero) is 1. The second-order valence-electron chi connectivity index (χ2n) is 6.98. The number of hydrogen-bond donors (Lipinski definition) is 5. The molecule has 0 spiro atoms. The molecule has 1 atom stereocenters. The summed E-state index contributed by atoms with van der Waals surface area (Å²) in [5, 5.41) is 25.2. The van der Waals surface area contributed by atoms with Crippen LogP contribution in [0.4, 0.5) is 0 Å².